The van der Waals surface area contributed by atoms with Crippen molar-refractivity contribution in [3.63, 3.8) is 0 Å². The van der Waals surface area contributed by atoms with Crippen molar-refractivity contribution in [2.45, 2.75) is 13.8 Å². The number of rotatable bonds is 7. The Morgan fingerprint density at radius 2 is 1.74 bits per heavy atom. The van der Waals surface area contributed by atoms with Crippen molar-refractivity contribution in [2.75, 3.05) is 5.32 Å². The molecular formula is C25H18N4O5. The van der Waals surface area contributed by atoms with Crippen molar-refractivity contribution >= 4 is 28.6 Å². The molecule has 0 spiro atoms. The molecule has 168 valence electrons. The molecule has 9 heteroatoms. The van der Waals surface area contributed by atoms with Gasteiger partial charge in [-0.3, -0.25) is 10.1 Å². The lowest BCUT2D eigenvalue weighted by atomic mass is 10.0. The van der Waals surface area contributed by atoms with Crippen LogP contribution in [-0.4, -0.2) is 16.0 Å². The van der Waals surface area contributed by atoms with E-state index in [2.05, 4.69) is 11.9 Å². The van der Waals surface area contributed by atoms with E-state index in [9.17, 15) is 20.0 Å². The maximum atomic E-state index is 11.9. The Morgan fingerprint density at radius 3 is 2.24 bits per heavy atom. The number of anilines is 2. The summed E-state index contributed by atoms with van der Waals surface area (Å²) in [6.07, 6.45) is 0. The lowest BCUT2D eigenvalue weighted by molar-refractivity contribution is -0.384. The first-order valence-electron chi connectivity index (χ1n) is 9.86. The number of ether oxygens (including phenoxy) is 1. The van der Waals surface area contributed by atoms with Gasteiger partial charge in [0.15, 0.2) is 0 Å². The topological polar surface area (TPSA) is 149 Å². The van der Waals surface area contributed by atoms with Gasteiger partial charge in [0.2, 0.25) is 0 Å². The number of allylic oxidation sites excluding steroid dienone is 1. The molecule has 0 heterocycles. The third kappa shape index (κ3) is 4.85. The van der Waals surface area contributed by atoms with Gasteiger partial charge < -0.3 is 15.2 Å². The van der Waals surface area contributed by atoms with Crippen molar-refractivity contribution in [3.8, 4) is 23.6 Å². The van der Waals surface area contributed by atoms with E-state index in [1.807, 2.05) is 12.1 Å². The minimum absolute atomic E-state index is 0.0134. The standard InChI is InChI=1S/C25H18N4O5/c1-14-8-18(16(3)12-26)9-15(2)24(14)34-23-11-21(22(29(32)33)10-20(23)25(30)31)28-19-6-4-17(13-27)5-7-19/h4-11,28H,3H2,1-2H3,(H,30,31). The van der Waals surface area contributed by atoms with Crippen LogP contribution >= 0.6 is 0 Å². The van der Waals surface area contributed by atoms with Crippen LogP contribution in [-0.2, 0) is 0 Å². The molecule has 0 unspecified atom stereocenters. The van der Waals surface area contributed by atoms with E-state index < -0.39 is 16.6 Å². The zero-order chi connectivity index (χ0) is 25.0. The fourth-order valence-electron chi connectivity index (χ4n) is 3.31. The quantitative estimate of drug-likeness (QED) is 0.256. The summed E-state index contributed by atoms with van der Waals surface area (Å²) in [5.41, 5.74) is 2.18. The third-order valence-corrected chi connectivity index (χ3v) is 4.97. The molecule has 0 aliphatic heterocycles. The van der Waals surface area contributed by atoms with Gasteiger partial charge in [0, 0.05) is 17.8 Å². The van der Waals surface area contributed by atoms with Crippen LogP contribution in [0.15, 0.2) is 55.1 Å². The molecule has 0 saturated carbocycles. The van der Waals surface area contributed by atoms with E-state index in [-0.39, 0.29) is 22.6 Å². The maximum absolute atomic E-state index is 11.9. The molecule has 9 nitrogen and oxygen atoms in total. The zero-order valence-corrected chi connectivity index (χ0v) is 18.2. The Morgan fingerprint density at radius 1 is 1.12 bits per heavy atom. The van der Waals surface area contributed by atoms with Crippen LogP contribution in [0.4, 0.5) is 17.1 Å². The van der Waals surface area contributed by atoms with Gasteiger partial charge in [0.05, 0.1) is 28.2 Å². The van der Waals surface area contributed by atoms with Gasteiger partial charge >= 0.3 is 5.97 Å². The average molecular weight is 454 g/mol. The van der Waals surface area contributed by atoms with E-state index in [1.54, 1.807) is 50.2 Å². The number of carbonyl (C=O) groups is 1. The van der Waals surface area contributed by atoms with Gasteiger partial charge in [-0.1, -0.05) is 6.58 Å². The lowest BCUT2D eigenvalue weighted by Crippen LogP contribution is -2.05. The Hall–Kier alpha value is -5.15. The number of nitrogens with zero attached hydrogens (tertiary/aromatic N) is 3. The first kappa shape index (κ1) is 23.5. The van der Waals surface area contributed by atoms with E-state index in [1.165, 1.54) is 6.07 Å². The van der Waals surface area contributed by atoms with Gasteiger partial charge in [-0.25, -0.2) is 4.79 Å². The molecule has 34 heavy (non-hydrogen) atoms. The van der Waals surface area contributed by atoms with Crippen LogP contribution in [0.3, 0.4) is 0 Å². The Labute approximate surface area is 194 Å². The minimum Gasteiger partial charge on any atom is -0.478 e. The second-order valence-electron chi connectivity index (χ2n) is 7.37. The van der Waals surface area contributed by atoms with Crippen molar-refractivity contribution < 1.29 is 19.6 Å². The molecule has 0 fully saturated rings. The van der Waals surface area contributed by atoms with E-state index >= 15 is 0 Å². The summed E-state index contributed by atoms with van der Waals surface area (Å²) < 4.78 is 5.95. The van der Waals surface area contributed by atoms with Crippen molar-refractivity contribution in [3.05, 3.63) is 93.0 Å². The lowest BCUT2D eigenvalue weighted by Gasteiger charge is -2.16. The van der Waals surface area contributed by atoms with Crippen LogP contribution in [0.1, 0.15) is 32.6 Å². The number of carboxylic acid groups (broad SMARTS) is 1. The first-order chi connectivity index (χ1) is 16.1. The van der Waals surface area contributed by atoms with Gasteiger partial charge in [0.25, 0.3) is 5.69 Å². The van der Waals surface area contributed by atoms with E-state index in [4.69, 9.17) is 15.3 Å². The fraction of sp³-hybridized carbons (Fsp3) is 0.0800. The molecular weight excluding hydrogens is 436 g/mol. The molecule has 3 aromatic carbocycles. The summed E-state index contributed by atoms with van der Waals surface area (Å²) in [5.74, 6) is -1.14. The van der Waals surface area contributed by atoms with Crippen LogP contribution in [0.5, 0.6) is 11.5 Å². The van der Waals surface area contributed by atoms with Crippen molar-refractivity contribution in [1.29, 1.82) is 10.5 Å². The molecule has 3 rings (SSSR count). The largest absolute Gasteiger partial charge is 0.478 e. The number of nitro groups is 1. The molecule has 0 amide bonds. The summed E-state index contributed by atoms with van der Waals surface area (Å²) in [5, 5.41) is 42.3. The smallest absolute Gasteiger partial charge is 0.339 e. The number of nitriles is 2. The summed E-state index contributed by atoms with van der Waals surface area (Å²) in [7, 11) is 0. The summed E-state index contributed by atoms with van der Waals surface area (Å²) in [6, 6.07) is 15.8. The molecule has 0 aliphatic carbocycles. The predicted molar refractivity (Wildman–Crippen MR) is 125 cm³/mol. The van der Waals surface area contributed by atoms with Gasteiger partial charge in [-0.15, -0.1) is 0 Å². The van der Waals surface area contributed by atoms with Gasteiger partial charge in [0.1, 0.15) is 22.7 Å². The molecule has 2 N–H and O–H groups in total. The van der Waals surface area contributed by atoms with Crippen LogP contribution in [0.2, 0.25) is 0 Å². The van der Waals surface area contributed by atoms with Gasteiger partial charge in [-0.2, -0.15) is 10.5 Å². The van der Waals surface area contributed by atoms with Crippen molar-refractivity contribution in [2.24, 2.45) is 0 Å². The van der Waals surface area contributed by atoms with Crippen LogP contribution in [0.25, 0.3) is 5.57 Å². The molecule has 0 aliphatic rings. The number of hydrogen-bond donors (Lipinski definition) is 2. The molecule has 0 atom stereocenters. The Balaban J connectivity index is 2.11. The minimum atomic E-state index is -1.40. The molecule has 0 bridgehead atoms. The molecule has 0 saturated heterocycles. The second-order valence-corrected chi connectivity index (χ2v) is 7.37. The van der Waals surface area contributed by atoms with E-state index in [0.29, 0.717) is 33.7 Å². The molecule has 0 aromatic heterocycles. The number of benzene rings is 3. The predicted octanol–water partition coefficient (Wildman–Crippen LogP) is 5.85. The number of aryl methyl sites for hydroxylation is 2. The second kappa shape index (κ2) is 9.55. The molecule has 0 radical (unpaired) electrons. The Bertz CT molecular complexity index is 1390. The number of hydrogen-bond acceptors (Lipinski definition) is 7. The van der Waals surface area contributed by atoms with Crippen LogP contribution < -0.4 is 10.1 Å². The number of carboxylic acids is 1. The monoisotopic (exact) mass is 454 g/mol. The fourth-order valence-corrected chi connectivity index (χ4v) is 3.31. The summed E-state index contributed by atoms with van der Waals surface area (Å²) in [4.78, 5) is 22.8. The van der Waals surface area contributed by atoms with E-state index in [0.717, 1.165) is 6.07 Å². The number of aromatic carboxylic acids is 1. The average Bonchev–Trinajstić information content (AvgIpc) is 2.80. The zero-order valence-electron chi connectivity index (χ0n) is 18.2. The number of nitro benzene ring substituents is 1. The Kier molecular flexibility index (Phi) is 6.60. The third-order valence-electron chi connectivity index (χ3n) is 4.97. The summed E-state index contributed by atoms with van der Waals surface area (Å²) >= 11 is 0. The SMILES string of the molecule is C=C(C#N)c1cc(C)c(Oc2cc(Nc3ccc(C#N)cc3)c([N+](=O)[O-])cc2C(=O)O)c(C)c1. The highest BCUT2D eigenvalue weighted by atomic mass is 16.6. The highest BCUT2D eigenvalue weighted by Crippen LogP contribution is 2.39. The molecule has 3 aromatic rings. The highest BCUT2D eigenvalue weighted by Gasteiger charge is 2.24. The van der Waals surface area contributed by atoms with Gasteiger partial charge in [-0.05, 0) is 66.9 Å². The summed E-state index contributed by atoms with van der Waals surface area (Å²) in [6.45, 7) is 7.16. The van der Waals surface area contributed by atoms with Crippen molar-refractivity contribution in [1.82, 2.24) is 0 Å². The highest BCUT2D eigenvalue weighted by molar-refractivity contribution is 5.94. The number of nitrogens with one attached hydrogen (secondary N) is 1. The normalized spacial score (nSPS) is 10.0. The first-order valence-corrected chi connectivity index (χ1v) is 9.86. The maximum Gasteiger partial charge on any atom is 0.339 e. The van der Waals surface area contributed by atoms with Crippen LogP contribution in [0, 0.1) is 46.6 Å².